The number of amides is 4. The summed E-state index contributed by atoms with van der Waals surface area (Å²) in [5.74, 6) is -6.49. The van der Waals surface area contributed by atoms with Crippen molar-refractivity contribution in [2.75, 3.05) is 18.5 Å². The molecule has 1 aliphatic heterocycles. The van der Waals surface area contributed by atoms with Crippen molar-refractivity contribution in [1.82, 2.24) is 16.0 Å². The van der Waals surface area contributed by atoms with Crippen molar-refractivity contribution < 1.29 is 67.1 Å². The molecular formula is C49H58F2N4O12S. The number of carbonyl (C=O) groups excluding carboxylic acids is 6. The van der Waals surface area contributed by atoms with Crippen LogP contribution in [-0.2, 0) is 43.0 Å². The van der Waals surface area contributed by atoms with E-state index in [1.165, 1.54) is 32.9 Å². The normalized spacial score (nSPS) is 33.0. The van der Waals surface area contributed by atoms with Crippen molar-refractivity contribution in [1.29, 1.82) is 0 Å². The lowest BCUT2D eigenvalue weighted by Gasteiger charge is -2.63. The summed E-state index contributed by atoms with van der Waals surface area (Å²) >= 11 is 3.92. The van der Waals surface area contributed by atoms with Crippen LogP contribution in [0.25, 0.3) is 0 Å². The van der Waals surface area contributed by atoms with Crippen LogP contribution in [0.4, 0.5) is 14.5 Å². The number of anilines is 1. The summed E-state index contributed by atoms with van der Waals surface area (Å²) in [4.78, 5) is 86.9. The van der Waals surface area contributed by atoms with Crippen molar-refractivity contribution >= 4 is 59.5 Å². The first-order chi connectivity index (χ1) is 32.0. The Bertz CT molecular complexity index is 2420. The first-order valence-corrected chi connectivity index (χ1v) is 23.2. The molecule has 0 spiro atoms. The third kappa shape index (κ3) is 8.80. The zero-order valence-corrected chi connectivity index (χ0v) is 39.2. The molecule has 3 saturated carbocycles. The lowest BCUT2D eigenvalue weighted by Crippen LogP contribution is -2.70. The monoisotopic (exact) mass is 964 g/mol. The van der Waals surface area contributed by atoms with Crippen LogP contribution in [0.15, 0.2) is 72.3 Å². The highest BCUT2D eigenvalue weighted by atomic mass is 32.1. The van der Waals surface area contributed by atoms with E-state index in [4.69, 9.17) is 14.6 Å². The Morgan fingerprint density at radius 2 is 1.53 bits per heavy atom. The zero-order valence-electron chi connectivity index (χ0n) is 38.3. The van der Waals surface area contributed by atoms with E-state index in [0.29, 0.717) is 11.3 Å². The number of carboxylic acids is 1. The van der Waals surface area contributed by atoms with Crippen LogP contribution in [0.5, 0.6) is 0 Å². The number of aliphatic hydroxyl groups excluding tert-OH is 2. The first kappa shape index (κ1) is 50.5. The van der Waals surface area contributed by atoms with Crippen molar-refractivity contribution in [2.24, 2.45) is 22.7 Å². The van der Waals surface area contributed by atoms with Gasteiger partial charge in [0.2, 0.25) is 23.6 Å². The van der Waals surface area contributed by atoms with Gasteiger partial charge in [-0.2, -0.15) is 12.6 Å². The van der Waals surface area contributed by atoms with Gasteiger partial charge in [-0.25, -0.2) is 8.78 Å². The number of aliphatic carboxylic acids is 1. The standard InChI is InChI=1S/C49H58F2N4O12S/c1-24(28-10-12-30(13-11-28)55-43(64)26(3)54-42(63)25(2)53-40(60)15-17-52-44(65)36(68)21-41(61)62)27-6-8-29(9-7-27)45-66-39-20-32-33-19-35(50)34-18-31(57)14-16-46(34,4)48(33,51)37(58)22-47(32,5)49(39,67-45)38(59)23-56/h6-14,16,18,24-26,32-33,35-37,39,45,56,58,68H,15,17,19-23H2,1-5H3,(H,52,65)(H,53,60)(H,54,63)(H,55,64)(H,61,62)/t24-,25+,26+,32+,33+,35+,36?,37+,39-,45-,46+,47+,48+,49-/m1/s1. The average molecular weight is 965 g/mol. The number of rotatable bonds is 16. The Morgan fingerprint density at radius 1 is 0.897 bits per heavy atom. The van der Waals surface area contributed by atoms with Gasteiger partial charge in [0.15, 0.2) is 29.1 Å². The molecule has 0 aromatic heterocycles. The zero-order chi connectivity index (χ0) is 49.7. The third-order valence-corrected chi connectivity index (χ3v) is 15.6. The largest absolute Gasteiger partial charge is 0.481 e. The minimum absolute atomic E-state index is 0.00361. The lowest BCUT2D eigenvalue weighted by atomic mass is 9.44. The van der Waals surface area contributed by atoms with E-state index in [2.05, 4.69) is 33.9 Å². The van der Waals surface area contributed by atoms with Crippen molar-refractivity contribution in [3.8, 4) is 0 Å². The number of ether oxygens (including phenoxy) is 2. The van der Waals surface area contributed by atoms with E-state index in [0.717, 1.165) is 17.2 Å². The molecule has 366 valence electrons. The molecule has 5 aliphatic rings. The molecule has 4 aliphatic carbocycles. The van der Waals surface area contributed by atoms with E-state index >= 15 is 8.78 Å². The SMILES string of the molecule is C[C@@H](c1ccc(NC(=O)[C@H](C)NC(=O)[C@H](C)NC(=O)CCNC(=O)C(S)CC(=O)O)cc1)c1ccc([C@@H]2O[C@@H]3C[C@H]4[C@@H]5C[C@H](F)C6=CC(=O)C=C[C@]6(C)[C@@]5(F)[C@@H](O)C[C@]4(C)[C@]3(C(=O)CO)O2)cc1. The summed E-state index contributed by atoms with van der Waals surface area (Å²) < 4.78 is 46.8. The van der Waals surface area contributed by atoms with Gasteiger partial charge in [-0.05, 0) is 86.9 Å². The van der Waals surface area contributed by atoms with Gasteiger partial charge in [0.05, 0.1) is 23.9 Å². The van der Waals surface area contributed by atoms with Gasteiger partial charge in [0.1, 0.15) is 24.9 Å². The summed E-state index contributed by atoms with van der Waals surface area (Å²) in [6, 6.07) is 12.5. The van der Waals surface area contributed by atoms with Gasteiger partial charge < -0.3 is 46.1 Å². The van der Waals surface area contributed by atoms with Gasteiger partial charge in [0.25, 0.3) is 0 Å². The number of Topliss-reactive ketones (excluding diaryl/α,β-unsaturated/α-hetero) is 1. The van der Waals surface area contributed by atoms with E-state index in [1.807, 2.05) is 31.2 Å². The van der Waals surface area contributed by atoms with Gasteiger partial charge in [0, 0.05) is 46.9 Å². The Morgan fingerprint density at radius 3 is 2.16 bits per heavy atom. The predicted octanol–water partition coefficient (Wildman–Crippen LogP) is 3.71. The molecule has 4 fully saturated rings. The van der Waals surface area contributed by atoms with Gasteiger partial charge in [-0.1, -0.05) is 56.3 Å². The summed E-state index contributed by atoms with van der Waals surface area (Å²) in [6.45, 7) is 7.16. The molecule has 16 nitrogen and oxygen atoms in total. The highest BCUT2D eigenvalue weighted by Crippen LogP contribution is 2.72. The Kier molecular flexibility index (Phi) is 14.3. The van der Waals surface area contributed by atoms with Gasteiger partial charge in [-0.15, -0.1) is 0 Å². The van der Waals surface area contributed by atoms with Crippen LogP contribution < -0.4 is 21.3 Å². The number of benzene rings is 2. The summed E-state index contributed by atoms with van der Waals surface area (Å²) in [7, 11) is 0. The highest BCUT2D eigenvalue weighted by molar-refractivity contribution is 7.81. The van der Waals surface area contributed by atoms with Crippen LogP contribution in [0.3, 0.4) is 0 Å². The number of fused-ring (bicyclic) bond motifs is 7. The summed E-state index contributed by atoms with van der Waals surface area (Å²) in [6.07, 6.45) is -2.69. The Labute approximate surface area is 397 Å². The number of hydrogen-bond acceptors (Lipinski definition) is 12. The number of hydrogen-bond donors (Lipinski definition) is 8. The molecule has 1 heterocycles. The maximum absolute atomic E-state index is 17.8. The number of carbonyl (C=O) groups is 7. The van der Waals surface area contributed by atoms with Gasteiger partial charge >= 0.3 is 5.97 Å². The van der Waals surface area contributed by atoms with Crippen LogP contribution in [-0.4, -0.2) is 117 Å². The van der Waals surface area contributed by atoms with Gasteiger partial charge in [-0.3, -0.25) is 33.6 Å². The molecule has 7 N–H and O–H groups in total. The molecule has 68 heavy (non-hydrogen) atoms. The third-order valence-electron chi connectivity index (χ3n) is 15.2. The molecule has 0 bridgehead atoms. The second kappa shape index (κ2) is 19.2. The van der Waals surface area contributed by atoms with Crippen LogP contribution in [0.1, 0.15) is 95.6 Å². The smallest absolute Gasteiger partial charge is 0.304 e. The second-order valence-electron chi connectivity index (χ2n) is 19.2. The number of thiol groups is 1. The number of halogens is 2. The van der Waals surface area contributed by atoms with E-state index in [-0.39, 0.29) is 43.7 Å². The lowest BCUT2D eigenvalue weighted by molar-refractivity contribution is -0.235. The van der Waals surface area contributed by atoms with E-state index < -0.39 is 130 Å². The highest BCUT2D eigenvalue weighted by Gasteiger charge is 2.80. The number of nitrogens with one attached hydrogen (secondary N) is 4. The number of ketones is 2. The molecule has 14 atom stereocenters. The number of aliphatic hydroxyl groups is 2. The van der Waals surface area contributed by atoms with Crippen LogP contribution >= 0.6 is 12.6 Å². The Hall–Kier alpha value is -5.34. The minimum atomic E-state index is -2.36. The molecule has 4 amide bonds. The van der Waals surface area contributed by atoms with Crippen molar-refractivity contribution in [3.05, 3.63) is 89.0 Å². The fourth-order valence-electron chi connectivity index (χ4n) is 11.4. The van der Waals surface area contributed by atoms with E-state index in [9.17, 15) is 43.8 Å². The molecule has 7 rings (SSSR count). The summed E-state index contributed by atoms with van der Waals surface area (Å²) in [5.41, 5.74) is -4.11. The first-order valence-electron chi connectivity index (χ1n) is 22.7. The Balaban J connectivity index is 0.942. The maximum Gasteiger partial charge on any atom is 0.304 e. The maximum atomic E-state index is 17.8. The number of allylic oxidation sites excluding steroid dienone is 4. The van der Waals surface area contributed by atoms with Crippen LogP contribution in [0, 0.1) is 22.7 Å². The van der Waals surface area contributed by atoms with Crippen LogP contribution in [0.2, 0.25) is 0 Å². The minimum Gasteiger partial charge on any atom is -0.481 e. The molecular weight excluding hydrogens is 907 g/mol. The topological polar surface area (TPSA) is 247 Å². The molecule has 1 saturated heterocycles. The van der Waals surface area contributed by atoms with Crippen molar-refractivity contribution in [3.63, 3.8) is 0 Å². The number of alkyl halides is 2. The quantitative estimate of drug-likeness (QED) is 0.112. The van der Waals surface area contributed by atoms with E-state index in [1.54, 1.807) is 31.2 Å². The molecule has 2 aromatic carbocycles. The molecule has 19 heteroatoms. The number of carboxylic acid groups (broad SMARTS) is 1. The predicted molar refractivity (Wildman–Crippen MR) is 244 cm³/mol. The fraction of sp³-hybridized carbons (Fsp3) is 0.531. The summed E-state index contributed by atoms with van der Waals surface area (Å²) in [5, 5.41) is 40.0. The van der Waals surface area contributed by atoms with Crippen molar-refractivity contribution in [2.45, 2.75) is 126 Å². The molecule has 1 unspecified atom stereocenters. The molecule has 0 radical (unpaired) electrons. The average Bonchev–Trinajstić information content (AvgIpc) is 3.80. The second-order valence-corrected chi connectivity index (χ2v) is 19.8. The molecule has 2 aromatic rings. The fourth-order valence-corrected chi connectivity index (χ4v) is 11.7.